The number of ether oxygens (including phenoxy) is 1. The van der Waals surface area contributed by atoms with Crippen LogP contribution < -0.4 is 10.5 Å². The van der Waals surface area contributed by atoms with Crippen molar-refractivity contribution < 1.29 is 9.26 Å². The number of para-hydroxylation sites is 1. The summed E-state index contributed by atoms with van der Waals surface area (Å²) in [5.41, 5.74) is 6.90. The van der Waals surface area contributed by atoms with Crippen molar-refractivity contribution in [2.24, 2.45) is 5.73 Å². The summed E-state index contributed by atoms with van der Waals surface area (Å²) in [4.78, 5) is 4.55. The standard InChI is InChI=1S/C16H21N3O2/c1-16(2,17)9-7-14-18-15(19-21-14)12-8-10-20-13-6-4-3-5-11(12)13/h3-6,12H,7-10,17H2,1-2H3. The second-order valence-corrected chi connectivity index (χ2v) is 6.26. The van der Waals surface area contributed by atoms with E-state index < -0.39 is 0 Å². The zero-order chi connectivity index (χ0) is 14.9. The van der Waals surface area contributed by atoms with Gasteiger partial charge in [-0.25, -0.2) is 0 Å². The number of aryl methyl sites for hydroxylation is 1. The summed E-state index contributed by atoms with van der Waals surface area (Å²) in [6, 6.07) is 8.04. The number of benzene rings is 1. The van der Waals surface area contributed by atoms with Gasteiger partial charge in [0.2, 0.25) is 5.89 Å². The summed E-state index contributed by atoms with van der Waals surface area (Å²) in [6.07, 6.45) is 2.40. The number of fused-ring (bicyclic) bond motifs is 1. The van der Waals surface area contributed by atoms with Crippen LogP contribution in [-0.2, 0) is 6.42 Å². The zero-order valence-corrected chi connectivity index (χ0v) is 12.5. The van der Waals surface area contributed by atoms with Crippen LogP contribution in [0.5, 0.6) is 5.75 Å². The number of aromatic nitrogens is 2. The van der Waals surface area contributed by atoms with Crippen LogP contribution in [0.15, 0.2) is 28.8 Å². The summed E-state index contributed by atoms with van der Waals surface area (Å²) in [5, 5.41) is 4.16. The van der Waals surface area contributed by atoms with Crippen molar-refractivity contribution in [1.29, 1.82) is 0 Å². The Balaban J connectivity index is 1.78. The van der Waals surface area contributed by atoms with Gasteiger partial charge in [0.15, 0.2) is 5.82 Å². The van der Waals surface area contributed by atoms with Crippen molar-refractivity contribution in [3.63, 3.8) is 0 Å². The maximum Gasteiger partial charge on any atom is 0.226 e. The Hall–Kier alpha value is -1.88. The van der Waals surface area contributed by atoms with Crippen LogP contribution in [0.4, 0.5) is 0 Å². The Morgan fingerprint density at radius 3 is 2.95 bits per heavy atom. The summed E-state index contributed by atoms with van der Waals surface area (Å²) >= 11 is 0. The molecule has 0 spiro atoms. The fourth-order valence-electron chi connectivity index (χ4n) is 2.55. The lowest BCUT2D eigenvalue weighted by atomic mass is 9.92. The van der Waals surface area contributed by atoms with Crippen LogP contribution in [0.3, 0.4) is 0 Å². The molecule has 21 heavy (non-hydrogen) atoms. The molecule has 112 valence electrons. The molecule has 2 N–H and O–H groups in total. The highest BCUT2D eigenvalue weighted by molar-refractivity contribution is 5.40. The smallest absolute Gasteiger partial charge is 0.226 e. The summed E-state index contributed by atoms with van der Waals surface area (Å²) in [7, 11) is 0. The van der Waals surface area contributed by atoms with Crippen molar-refractivity contribution in [1.82, 2.24) is 10.1 Å². The van der Waals surface area contributed by atoms with E-state index in [0.29, 0.717) is 18.9 Å². The Morgan fingerprint density at radius 2 is 2.14 bits per heavy atom. The highest BCUT2D eigenvalue weighted by atomic mass is 16.5. The SMILES string of the molecule is CC(C)(N)CCc1nc(C2CCOc3ccccc32)no1. The first-order chi connectivity index (χ1) is 10.0. The van der Waals surface area contributed by atoms with E-state index in [2.05, 4.69) is 16.2 Å². The Bertz CT molecular complexity index is 616. The Kier molecular flexibility index (Phi) is 3.68. The van der Waals surface area contributed by atoms with Crippen LogP contribution in [0, 0.1) is 0 Å². The molecule has 0 radical (unpaired) electrons. The molecule has 1 aliphatic rings. The number of nitrogens with two attached hydrogens (primary N) is 1. The van der Waals surface area contributed by atoms with Crippen molar-refractivity contribution in [2.45, 2.75) is 44.6 Å². The highest BCUT2D eigenvalue weighted by Gasteiger charge is 2.27. The van der Waals surface area contributed by atoms with Gasteiger partial charge in [-0.05, 0) is 32.8 Å². The van der Waals surface area contributed by atoms with Crippen molar-refractivity contribution >= 4 is 0 Å². The molecule has 0 bridgehead atoms. The predicted molar refractivity (Wildman–Crippen MR) is 79.3 cm³/mol. The van der Waals surface area contributed by atoms with Gasteiger partial charge in [-0.15, -0.1) is 0 Å². The minimum atomic E-state index is -0.222. The molecule has 5 nitrogen and oxygen atoms in total. The third kappa shape index (κ3) is 3.24. The first-order valence-corrected chi connectivity index (χ1v) is 7.36. The van der Waals surface area contributed by atoms with E-state index in [9.17, 15) is 0 Å². The van der Waals surface area contributed by atoms with Gasteiger partial charge in [0.05, 0.1) is 12.5 Å². The molecule has 2 aromatic rings. The lowest BCUT2D eigenvalue weighted by Crippen LogP contribution is -2.32. The van der Waals surface area contributed by atoms with E-state index in [1.54, 1.807) is 0 Å². The molecule has 1 aromatic carbocycles. The molecular formula is C16H21N3O2. The van der Waals surface area contributed by atoms with E-state index in [1.165, 1.54) is 0 Å². The van der Waals surface area contributed by atoms with E-state index in [4.69, 9.17) is 15.0 Å². The molecule has 0 saturated carbocycles. The van der Waals surface area contributed by atoms with Crippen molar-refractivity contribution in [2.75, 3.05) is 6.61 Å². The molecular weight excluding hydrogens is 266 g/mol. The van der Waals surface area contributed by atoms with Gasteiger partial charge in [0.1, 0.15) is 5.75 Å². The highest BCUT2D eigenvalue weighted by Crippen LogP contribution is 2.36. The minimum Gasteiger partial charge on any atom is -0.493 e. The van der Waals surface area contributed by atoms with E-state index in [1.807, 2.05) is 32.0 Å². The molecule has 5 heteroatoms. The summed E-state index contributed by atoms with van der Waals surface area (Å²) in [6.45, 7) is 4.68. The first kappa shape index (κ1) is 14.1. The van der Waals surface area contributed by atoms with E-state index >= 15 is 0 Å². The fraction of sp³-hybridized carbons (Fsp3) is 0.500. The maximum atomic E-state index is 5.99. The van der Waals surface area contributed by atoms with Gasteiger partial charge in [0, 0.05) is 17.5 Å². The largest absolute Gasteiger partial charge is 0.493 e. The average molecular weight is 287 g/mol. The zero-order valence-electron chi connectivity index (χ0n) is 12.5. The van der Waals surface area contributed by atoms with Crippen molar-refractivity contribution in [3.05, 3.63) is 41.5 Å². The van der Waals surface area contributed by atoms with Gasteiger partial charge in [-0.3, -0.25) is 0 Å². The second kappa shape index (κ2) is 5.48. The molecule has 0 aliphatic carbocycles. The van der Waals surface area contributed by atoms with Crippen LogP contribution in [0.1, 0.15) is 49.9 Å². The third-order valence-electron chi connectivity index (χ3n) is 3.74. The van der Waals surface area contributed by atoms with Gasteiger partial charge in [-0.1, -0.05) is 23.4 Å². The maximum absolute atomic E-state index is 5.99. The Morgan fingerprint density at radius 1 is 1.33 bits per heavy atom. The molecule has 1 aromatic heterocycles. The van der Waals surface area contributed by atoms with Crippen LogP contribution in [-0.4, -0.2) is 22.3 Å². The fourth-order valence-corrected chi connectivity index (χ4v) is 2.55. The molecule has 0 amide bonds. The number of hydrogen-bond donors (Lipinski definition) is 1. The Labute approximate surface area is 124 Å². The molecule has 0 fully saturated rings. The molecule has 0 saturated heterocycles. The molecule has 1 atom stereocenters. The molecule has 1 unspecified atom stereocenters. The minimum absolute atomic E-state index is 0.151. The quantitative estimate of drug-likeness (QED) is 0.935. The van der Waals surface area contributed by atoms with E-state index in [-0.39, 0.29) is 11.5 Å². The molecule has 3 rings (SSSR count). The van der Waals surface area contributed by atoms with Crippen LogP contribution in [0.2, 0.25) is 0 Å². The summed E-state index contributed by atoms with van der Waals surface area (Å²) in [5.74, 6) is 2.48. The van der Waals surface area contributed by atoms with Gasteiger partial charge < -0.3 is 15.0 Å². The average Bonchev–Trinajstić information content (AvgIpc) is 2.92. The van der Waals surface area contributed by atoms with Gasteiger partial charge in [-0.2, -0.15) is 4.98 Å². The predicted octanol–water partition coefficient (Wildman–Crippen LogP) is 2.65. The van der Waals surface area contributed by atoms with Crippen molar-refractivity contribution in [3.8, 4) is 5.75 Å². The normalized spacial score (nSPS) is 18.1. The second-order valence-electron chi connectivity index (χ2n) is 6.26. The first-order valence-electron chi connectivity index (χ1n) is 7.36. The summed E-state index contributed by atoms with van der Waals surface area (Å²) < 4.78 is 11.0. The van der Waals surface area contributed by atoms with Crippen LogP contribution in [0.25, 0.3) is 0 Å². The lowest BCUT2D eigenvalue weighted by Gasteiger charge is -2.23. The number of nitrogens with zero attached hydrogens (tertiary/aromatic N) is 2. The lowest BCUT2D eigenvalue weighted by molar-refractivity contribution is 0.272. The van der Waals surface area contributed by atoms with E-state index in [0.717, 1.165) is 30.0 Å². The molecule has 1 aliphatic heterocycles. The third-order valence-corrected chi connectivity index (χ3v) is 3.74. The number of rotatable bonds is 4. The topological polar surface area (TPSA) is 74.2 Å². The van der Waals surface area contributed by atoms with Gasteiger partial charge >= 0.3 is 0 Å². The van der Waals surface area contributed by atoms with Gasteiger partial charge in [0.25, 0.3) is 0 Å². The number of hydrogen-bond acceptors (Lipinski definition) is 5. The monoisotopic (exact) mass is 287 g/mol. The molecule has 2 heterocycles. The van der Waals surface area contributed by atoms with Crippen LogP contribution >= 0.6 is 0 Å².